The van der Waals surface area contributed by atoms with E-state index in [2.05, 4.69) is 4.98 Å². The Balaban J connectivity index is 1.47. The Morgan fingerprint density at radius 2 is 2.19 bits per heavy atom. The molecule has 21 heavy (non-hydrogen) atoms. The Kier molecular flexibility index (Phi) is 3.21. The summed E-state index contributed by atoms with van der Waals surface area (Å²) < 4.78 is 6.14. The first-order valence-electron chi connectivity index (χ1n) is 8.06. The summed E-state index contributed by atoms with van der Waals surface area (Å²) >= 11 is 0. The standard InChI is InChI=1S/C17H22N2O2/c1-11-6-14(8-18-7-11)17(20)19-9-13-4-5-15(19)16(13)21-10-12-2-3-12/h6-8,12-13,15-16H,2-5,9-10H2,1H3/t13-,15+,16+/m1/s1. The lowest BCUT2D eigenvalue weighted by molar-refractivity contribution is 0.0208. The highest BCUT2D eigenvalue weighted by molar-refractivity contribution is 5.94. The summed E-state index contributed by atoms with van der Waals surface area (Å²) in [6, 6.07) is 2.21. The van der Waals surface area contributed by atoms with E-state index >= 15 is 0 Å². The maximum atomic E-state index is 12.7. The molecule has 1 aromatic rings. The van der Waals surface area contributed by atoms with Crippen LogP contribution in [0.15, 0.2) is 18.5 Å². The Bertz CT molecular complexity index is 555. The second-order valence-electron chi connectivity index (χ2n) is 6.85. The Morgan fingerprint density at radius 3 is 2.95 bits per heavy atom. The molecule has 4 nitrogen and oxygen atoms in total. The maximum Gasteiger partial charge on any atom is 0.255 e. The van der Waals surface area contributed by atoms with Crippen molar-refractivity contribution in [2.75, 3.05) is 13.2 Å². The third-order valence-electron chi connectivity index (χ3n) is 5.11. The number of rotatable bonds is 4. The minimum absolute atomic E-state index is 0.124. The van der Waals surface area contributed by atoms with Gasteiger partial charge in [-0.1, -0.05) is 0 Å². The topological polar surface area (TPSA) is 42.4 Å². The summed E-state index contributed by atoms with van der Waals surface area (Å²) in [4.78, 5) is 18.9. The van der Waals surface area contributed by atoms with Crippen molar-refractivity contribution in [1.82, 2.24) is 9.88 Å². The molecule has 0 unspecified atom stereocenters. The van der Waals surface area contributed by atoms with Crippen LogP contribution in [0, 0.1) is 18.8 Å². The summed E-state index contributed by atoms with van der Waals surface area (Å²) in [6.07, 6.45) is 8.67. The van der Waals surface area contributed by atoms with E-state index in [1.807, 2.05) is 17.9 Å². The fourth-order valence-electron chi connectivity index (χ4n) is 3.79. The zero-order valence-electron chi connectivity index (χ0n) is 12.5. The van der Waals surface area contributed by atoms with Crippen LogP contribution in [0.25, 0.3) is 0 Å². The lowest BCUT2D eigenvalue weighted by Crippen LogP contribution is -2.40. The number of piperidine rings is 1. The van der Waals surface area contributed by atoms with Gasteiger partial charge >= 0.3 is 0 Å². The second kappa shape index (κ2) is 5.09. The van der Waals surface area contributed by atoms with Gasteiger partial charge in [0, 0.05) is 31.5 Å². The summed E-state index contributed by atoms with van der Waals surface area (Å²) in [5, 5.41) is 0. The molecule has 3 fully saturated rings. The van der Waals surface area contributed by atoms with Crippen molar-refractivity contribution in [3.8, 4) is 0 Å². The van der Waals surface area contributed by atoms with Crippen LogP contribution >= 0.6 is 0 Å². The molecule has 3 atom stereocenters. The highest BCUT2D eigenvalue weighted by Crippen LogP contribution is 2.41. The first-order valence-corrected chi connectivity index (χ1v) is 8.06. The lowest BCUT2D eigenvalue weighted by atomic mass is 10.1. The molecule has 0 aromatic carbocycles. The quantitative estimate of drug-likeness (QED) is 0.853. The van der Waals surface area contributed by atoms with Crippen LogP contribution in [-0.4, -0.2) is 41.1 Å². The van der Waals surface area contributed by atoms with E-state index in [1.165, 1.54) is 19.3 Å². The number of fused-ring (bicyclic) bond motifs is 2. The zero-order valence-corrected chi connectivity index (χ0v) is 12.5. The fraction of sp³-hybridized carbons (Fsp3) is 0.647. The predicted molar refractivity (Wildman–Crippen MR) is 79.0 cm³/mol. The average molecular weight is 286 g/mol. The summed E-state index contributed by atoms with van der Waals surface area (Å²) in [5.74, 6) is 1.45. The van der Waals surface area contributed by atoms with E-state index < -0.39 is 0 Å². The van der Waals surface area contributed by atoms with Gasteiger partial charge in [0.2, 0.25) is 0 Å². The third kappa shape index (κ3) is 2.46. The summed E-state index contributed by atoms with van der Waals surface area (Å²) in [6.45, 7) is 3.72. The number of carbonyl (C=O) groups is 1. The predicted octanol–water partition coefficient (Wildman–Crippen LogP) is 2.42. The number of amides is 1. The number of ether oxygens (including phenoxy) is 1. The largest absolute Gasteiger partial charge is 0.375 e. The van der Waals surface area contributed by atoms with Crippen LogP contribution in [0.5, 0.6) is 0 Å². The van der Waals surface area contributed by atoms with Crippen LogP contribution < -0.4 is 0 Å². The molecule has 4 rings (SSSR count). The van der Waals surface area contributed by atoms with Gasteiger partial charge in [-0.25, -0.2) is 0 Å². The molecule has 112 valence electrons. The molecule has 1 saturated heterocycles. The normalized spacial score (nSPS) is 30.9. The number of aryl methyl sites for hydroxylation is 1. The number of hydrogen-bond donors (Lipinski definition) is 0. The minimum atomic E-state index is 0.124. The second-order valence-corrected chi connectivity index (χ2v) is 6.85. The first-order chi connectivity index (χ1) is 10.2. The van der Waals surface area contributed by atoms with Gasteiger partial charge in [0.25, 0.3) is 5.91 Å². The van der Waals surface area contributed by atoms with Gasteiger partial charge in [0.05, 0.1) is 17.7 Å². The molecule has 0 radical (unpaired) electrons. The average Bonchev–Trinajstić information content (AvgIpc) is 3.17. The SMILES string of the molecule is Cc1cncc(C(=O)N2C[C@H]3CC[C@H]2[C@H]3OCC2CC2)c1. The molecule has 1 aliphatic heterocycles. The molecule has 2 saturated carbocycles. The van der Waals surface area contributed by atoms with Gasteiger partial charge in [0.1, 0.15) is 0 Å². The summed E-state index contributed by atoms with van der Waals surface area (Å²) in [5.41, 5.74) is 1.75. The first kappa shape index (κ1) is 13.3. The van der Waals surface area contributed by atoms with E-state index in [0.717, 1.165) is 31.1 Å². The van der Waals surface area contributed by atoms with E-state index in [9.17, 15) is 4.79 Å². The fourth-order valence-corrected chi connectivity index (χ4v) is 3.79. The number of hydrogen-bond acceptors (Lipinski definition) is 3. The monoisotopic (exact) mass is 286 g/mol. The van der Waals surface area contributed by atoms with Crippen molar-refractivity contribution in [2.24, 2.45) is 11.8 Å². The van der Waals surface area contributed by atoms with E-state index in [-0.39, 0.29) is 18.1 Å². The molecule has 2 bridgehead atoms. The van der Waals surface area contributed by atoms with Crippen LogP contribution in [0.1, 0.15) is 41.6 Å². The molecule has 2 aliphatic carbocycles. The smallest absolute Gasteiger partial charge is 0.255 e. The van der Waals surface area contributed by atoms with Crippen molar-refractivity contribution >= 4 is 5.91 Å². The molecule has 1 amide bonds. The van der Waals surface area contributed by atoms with Gasteiger partial charge in [-0.15, -0.1) is 0 Å². The number of carbonyl (C=O) groups excluding carboxylic acids is 1. The maximum absolute atomic E-state index is 12.7. The van der Waals surface area contributed by atoms with Gasteiger partial charge in [-0.05, 0) is 50.2 Å². The number of nitrogens with zero attached hydrogens (tertiary/aromatic N) is 2. The molecule has 1 aromatic heterocycles. The Hall–Kier alpha value is -1.42. The Morgan fingerprint density at radius 1 is 1.33 bits per heavy atom. The van der Waals surface area contributed by atoms with Crippen molar-refractivity contribution in [2.45, 2.75) is 44.8 Å². The van der Waals surface area contributed by atoms with Crippen LogP contribution in [-0.2, 0) is 4.74 Å². The highest BCUT2D eigenvalue weighted by atomic mass is 16.5. The number of likely N-dealkylation sites (tertiary alicyclic amines) is 1. The minimum Gasteiger partial charge on any atom is -0.375 e. The van der Waals surface area contributed by atoms with Gasteiger partial charge in [-0.3, -0.25) is 9.78 Å². The molecule has 0 N–H and O–H groups in total. The van der Waals surface area contributed by atoms with Gasteiger partial charge in [-0.2, -0.15) is 0 Å². The lowest BCUT2D eigenvalue weighted by Gasteiger charge is -2.27. The highest BCUT2D eigenvalue weighted by Gasteiger charge is 2.49. The van der Waals surface area contributed by atoms with Crippen LogP contribution in [0.3, 0.4) is 0 Å². The van der Waals surface area contributed by atoms with Crippen molar-refractivity contribution < 1.29 is 9.53 Å². The van der Waals surface area contributed by atoms with Gasteiger partial charge < -0.3 is 9.64 Å². The van der Waals surface area contributed by atoms with E-state index in [1.54, 1.807) is 12.4 Å². The molecular formula is C17H22N2O2. The zero-order chi connectivity index (χ0) is 14.4. The van der Waals surface area contributed by atoms with Crippen molar-refractivity contribution in [3.05, 3.63) is 29.6 Å². The third-order valence-corrected chi connectivity index (χ3v) is 5.11. The molecule has 3 aliphatic rings. The summed E-state index contributed by atoms with van der Waals surface area (Å²) in [7, 11) is 0. The molecule has 0 spiro atoms. The molecule has 4 heteroatoms. The van der Waals surface area contributed by atoms with Gasteiger partial charge in [0.15, 0.2) is 0 Å². The van der Waals surface area contributed by atoms with E-state index in [4.69, 9.17) is 4.74 Å². The number of pyridine rings is 1. The molecule has 2 heterocycles. The van der Waals surface area contributed by atoms with Crippen LogP contribution in [0.2, 0.25) is 0 Å². The van der Waals surface area contributed by atoms with E-state index in [0.29, 0.717) is 11.5 Å². The van der Waals surface area contributed by atoms with Crippen molar-refractivity contribution in [3.63, 3.8) is 0 Å². The van der Waals surface area contributed by atoms with Crippen molar-refractivity contribution in [1.29, 1.82) is 0 Å². The molecular weight excluding hydrogens is 264 g/mol. The van der Waals surface area contributed by atoms with Crippen LogP contribution in [0.4, 0.5) is 0 Å². The Labute approximate surface area is 125 Å². The number of aromatic nitrogens is 1.